The van der Waals surface area contributed by atoms with Crippen molar-refractivity contribution in [2.24, 2.45) is 5.92 Å². The summed E-state index contributed by atoms with van der Waals surface area (Å²) in [5.41, 5.74) is 1.07. The summed E-state index contributed by atoms with van der Waals surface area (Å²) in [7, 11) is 0. The summed E-state index contributed by atoms with van der Waals surface area (Å²) < 4.78 is 28.0. The van der Waals surface area contributed by atoms with E-state index in [1.165, 1.54) is 24.3 Å². The molecular weight excluding hydrogens is 452 g/mol. The first kappa shape index (κ1) is 25.7. The number of carbonyl (C=O) groups is 2. The Kier molecular flexibility index (Phi) is 7.74. The number of para-hydroxylation sites is 1. The maximum absolute atomic E-state index is 14.0. The molecule has 3 rings (SSSR count). The fourth-order valence-corrected chi connectivity index (χ4v) is 4.14. The number of anilines is 3. The zero-order valence-electron chi connectivity index (χ0n) is 20.1. The molecule has 35 heavy (non-hydrogen) atoms. The van der Waals surface area contributed by atoms with Gasteiger partial charge in [-0.15, -0.1) is 0 Å². The lowest BCUT2D eigenvalue weighted by Crippen LogP contribution is -2.33. The lowest BCUT2D eigenvalue weighted by Gasteiger charge is -2.31. The van der Waals surface area contributed by atoms with Gasteiger partial charge in [-0.1, -0.05) is 32.0 Å². The van der Waals surface area contributed by atoms with Crippen LogP contribution in [-0.2, 0) is 0 Å². The van der Waals surface area contributed by atoms with E-state index in [4.69, 9.17) is 0 Å². The van der Waals surface area contributed by atoms with Crippen molar-refractivity contribution < 1.29 is 23.5 Å². The molecule has 184 valence electrons. The molecule has 0 aliphatic rings. The molecule has 0 aromatic heterocycles. The van der Waals surface area contributed by atoms with Crippen LogP contribution in [0, 0.1) is 17.6 Å². The highest BCUT2D eigenvalue weighted by molar-refractivity contribution is 6.03. The molecule has 0 spiro atoms. The molecule has 0 unspecified atom stereocenters. The van der Waals surface area contributed by atoms with Gasteiger partial charge in [0.25, 0.3) is 0 Å². The Labute approximate surface area is 203 Å². The molecule has 0 saturated carbocycles. The summed E-state index contributed by atoms with van der Waals surface area (Å²) in [6.07, 6.45) is 0.836. The number of hydrogen-bond donors (Lipinski definition) is 4. The Bertz CT molecular complexity index is 1240. The highest BCUT2D eigenvalue weighted by Gasteiger charge is 2.22. The molecule has 0 fully saturated rings. The number of carboxylic acids is 1. The first-order chi connectivity index (χ1) is 16.4. The smallest absolute Gasteiger partial charge is 0.336 e. The van der Waals surface area contributed by atoms with E-state index in [9.17, 15) is 23.5 Å². The molecule has 3 aromatic rings. The van der Waals surface area contributed by atoms with E-state index in [0.29, 0.717) is 22.9 Å². The lowest BCUT2D eigenvalue weighted by molar-refractivity contribution is 0.0697. The monoisotopic (exact) mass is 481 g/mol. The van der Waals surface area contributed by atoms with Gasteiger partial charge < -0.3 is 21.1 Å². The number of urea groups is 1. The van der Waals surface area contributed by atoms with Crippen LogP contribution in [0.4, 0.5) is 30.6 Å². The third-order valence-electron chi connectivity index (χ3n) is 5.30. The van der Waals surface area contributed by atoms with Crippen LogP contribution < -0.4 is 16.0 Å². The SMILES string of the molecule is CC(C)CC(C)(C)Nc1ccc(-c2cc(F)ccc2C(=O)O)cc1NC(=O)Nc1ccccc1F. The molecule has 6 nitrogen and oxygen atoms in total. The number of aromatic carboxylic acids is 1. The van der Waals surface area contributed by atoms with Gasteiger partial charge in [-0.2, -0.15) is 0 Å². The summed E-state index contributed by atoms with van der Waals surface area (Å²) in [4.78, 5) is 24.4. The normalized spacial score (nSPS) is 11.3. The van der Waals surface area contributed by atoms with Crippen LogP contribution in [0.15, 0.2) is 60.7 Å². The number of nitrogens with one attached hydrogen (secondary N) is 3. The molecule has 4 N–H and O–H groups in total. The average Bonchev–Trinajstić information content (AvgIpc) is 2.75. The van der Waals surface area contributed by atoms with E-state index in [-0.39, 0.29) is 22.4 Å². The van der Waals surface area contributed by atoms with Gasteiger partial charge in [-0.3, -0.25) is 0 Å². The number of carbonyl (C=O) groups excluding carboxylic acids is 1. The molecule has 0 aliphatic heterocycles. The van der Waals surface area contributed by atoms with Gasteiger partial charge in [0.05, 0.1) is 22.6 Å². The van der Waals surface area contributed by atoms with Crippen LogP contribution in [0.5, 0.6) is 0 Å². The number of hydrogen-bond acceptors (Lipinski definition) is 3. The van der Waals surface area contributed by atoms with E-state index >= 15 is 0 Å². The Balaban J connectivity index is 2.02. The molecule has 3 aromatic carbocycles. The predicted molar refractivity (Wildman–Crippen MR) is 135 cm³/mol. The van der Waals surface area contributed by atoms with Gasteiger partial charge in [-0.05, 0) is 79.8 Å². The summed E-state index contributed by atoms with van der Waals surface area (Å²) in [5.74, 6) is -1.97. The van der Waals surface area contributed by atoms with Crippen LogP contribution in [0.1, 0.15) is 44.5 Å². The van der Waals surface area contributed by atoms with Crippen molar-refractivity contribution in [3.05, 3.63) is 77.9 Å². The van der Waals surface area contributed by atoms with Crippen LogP contribution in [0.2, 0.25) is 0 Å². The van der Waals surface area contributed by atoms with E-state index < -0.39 is 23.6 Å². The second-order valence-electron chi connectivity index (χ2n) is 9.42. The van der Waals surface area contributed by atoms with Crippen LogP contribution in [-0.4, -0.2) is 22.6 Å². The largest absolute Gasteiger partial charge is 0.478 e. The van der Waals surface area contributed by atoms with Crippen molar-refractivity contribution in [3.8, 4) is 11.1 Å². The maximum Gasteiger partial charge on any atom is 0.336 e. The van der Waals surface area contributed by atoms with Crippen molar-refractivity contribution in [2.45, 2.75) is 39.7 Å². The first-order valence-corrected chi connectivity index (χ1v) is 11.2. The Morgan fingerprint density at radius 1 is 0.914 bits per heavy atom. The van der Waals surface area contributed by atoms with Gasteiger partial charge in [0, 0.05) is 5.54 Å². The molecule has 0 bridgehead atoms. The number of amides is 2. The number of benzene rings is 3. The van der Waals surface area contributed by atoms with Crippen molar-refractivity contribution in [2.75, 3.05) is 16.0 Å². The molecule has 0 atom stereocenters. The fraction of sp³-hybridized carbons (Fsp3) is 0.259. The Morgan fingerprint density at radius 3 is 2.26 bits per heavy atom. The second kappa shape index (κ2) is 10.5. The summed E-state index contributed by atoms with van der Waals surface area (Å²) in [6, 6.07) is 13.4. The first-order valence-electron chi connectivity index (χ1n) is 11.2. The topological polar surface area (TPSA) is 90.5 Å². The average molecular weight is 482 g/mol. The molecule has 8 heteroatoms. The molecule has 0 saturated heterocycles. The highest BCUT2D eigenvalue weighted by atomic mass is 19.1. The zero-order valence-corrected chi connectivity index (χ0v) is 20.1. The number of rotatable bonds is 8. The van der Waals surface area contributed by atoms with E-state index in [2.05, 4.69) is 29.8 Å². The minimum atomic E-state index is -1.20. The minimum absolute atomic E-state index is 0.00842. The molecule has 0 radical (unpaired) electrons. The third-order valence-corrected chi connectivity index (χ3v) is 5.30. The van der Waals surface area contributed by atoms with Gasteiger partial charge >= 0.3 is 12.0 Å². The van der Waals surface area contributed by atoms with Gasteiger partial charge in [0.1, 0.15) is 11.6 Å². The summed E-state index contributed by atoms with van der Waals surface area (Å²) in [5, 5.41) is 18.2. The quantitative estimate of drug-likeness (QED) is 0.274. The van der Waals surface area contributed by atoms with Crippen LogP contribution in [0.3, 0.4) is 0 Å². The van der Waals surface area contributed by atoms with E-state index in [0.717, 1.165) is 18.6 Å². The predicted octanol–water partition coefficient (Wildman–Crippen LogP) is 7.21. The molecule has 2 amide bonds. The van der Waals surface area contributed by atoms with Gasteiger partial charge in [-0.25, -0.2) is 18.4 Å². The second-order valence-corrected chi connectivity index (χ2v) is 9.42. The van der Waals surface area contributed by atoms with Gasteiger partial charge in [0.15, 0.2) is 0 Å². The highest BCUT2D eigenvalue weighted by Crippen LogP contribution is 2.34. The summed E-state index contributed by atoms with van der Waals surface area (Å²) in [6.45, 7) is 8.26. The maximum atomic E-state index is 14.0. The fourth-order valence-electron chi connectivity index (χ4n) is 4.14. The van der Waals surface area contributed by atoms with Crippen molar-refractivity contribution in [1.82, 2.24) is 0 Å². The third kappa shape index (κ3) is 6.79. The zero-order chi connectivity index (χ0) is 25.8. The number of halogens is 2. The minimum Gasteiger partial charge on any atom is -0.478 e. The number of carboxylic acid groups (broad SMARTS) is 1. The summed E-state index contributed by atoms with van der Waals surface area (Å²) >= 11 is 0. The standard InChI is InChI=1S/C27H29F2N3O3/c1-16(2)15-27(3,4)32-23-12-9-17(20-14-18(28)10-11-19(20)25(33)34)13-24(23)31-26(35)30-22-8-6-5-7-21(22)29/h5-14,16,32H,15H2,1-4H3,(H,33,34)(H2,30,31,35). The van der Waals surface area contributed by atoms with Crippen LogP contribution in [0.25, 0.3) is 11.1 Å². The molecule has 0 heterocycles. The molecule has 0 aliphatic carbocycles. The van der Waals surface area contributed by atoms with Crippen molar-refractivity contribution in [1.29, 1.82) is 0 Å². The lowest BCUT2D eigenvalue weighted by atomic mass is 9.92. The van der Waals surface area contributed by atoms with Crippen molar-refractivity contribution >= 4 is 29.1 Å². The van der Waals surface area contributed by atoms with Gasteiger partial charge in [0.2, 0.25) is 0 Å². The Hall–Kier alpha value is -3.94. The van der Waals surface area contributed by atoms with Crippen LogP contribution >= 0.6 is 0 Å². The van der Waals surface area contributed by atoms with E-state index in [1.807, 2.05) is 13.8 Å². The molecular formula is C27H29F2N3O3. The van der Waals surface area contributed by atoms with E-state index in [1.54, 1.807) is 24.3 Å². The Morgan fingerprint density at radius 2 is 1.60 bits per heavy atom. The van der Waals surface area contributed by atoms with Crippen molar-refractivity contribution in [3.63, 3.8) is 0 Å².